The summed E-state index contributed by atoms with van der Waals surface area (Å²) in [6, 6.07) is 0. The highest BCUT2D eigenvalue weighted by atomic mass is 127. The Morgan fingerprint density at radius 3 is 2.30 bits per heavy atom. The fourth-order valence-corrected chi connectivity index (χ4v) is 14.1. The lowest BCUT2D eigenvalue weighted by molar-refractivity contribution is -0.356. The molecule has 10 aliphatic rings. The number of ether oxygens (including phenoxy) is 10. The van der Waals surface area contributed by atoms with Crippen LogP contribution in [0.1, 0.15) is 126 Å². The topological polar surface area (TPSA) is 162 Å². The molecule has 0 amide bonds. The number of aliphatic hydroxyl groups excluding tert-OH is 2. The van der Waals surface area contributed by atoms with Gasteiger partial charge in [-0.3, -0.25) is 4.79 Å². The number of aldehydes is 1. The zero-order valence-electron chi connectivity index (χ0n) is 38.7. The van der Waals surface area contributed by atoms with Crippen molar-refractivity contribution < 1.29 is 62.4 Å². The summed E-state index contributed by atoms with van der Waals surface area (Å²) in [5.74, 6) is 0.173. The maximum atomic E-state index is 11.4. The van der Waals surface area contributed by atoms with Crippen LogP contribution in [0.5, 0.6) is 0 Å². The van der Waals surface area contributed by atoms with E-state index in [0.29, 0.717) is 63.4 Å². The van der Waals surface area contributed by atoms with Crippen LogP contribution in [0.25, 0.3) is 0 Å². The largest absolute Gasteiger partial charge is 0.390 e. The predicted octanol–water partition coefficient (Wildman–Crippen LogP) is 5.80. The average Bonchev–Trinajstić information content (AvgIpc) is 3.43. The van der Waals surface area contributed by atoms with Crippen molar-refractivity contribution in [2.45, 2.75) is 257 Å². The number of hydrogen-bond donors (Lipinski definition) is 3. The highest BCUT2D eigenvalue weighted by Gasteiger charge is 2.64. The molecular weight excluding hydrogens is 937 g/mol. The summed E-state index contributed by atoms with van der Waals surface area (Å²) < 4.78 is 72.9. The van der Waals surface area contributed by atoms with Crippen molar-refractivity contribution in [3.8, 4) is 0 Å². The third-order valence-electron chi connectivity index (χ3n) is 17.5. The molecule has 0 aromatic heterocycles. The third-order valence-corrected chi connectivity index (χ3v) is 17.8. The van der Waals surface area contributed by atoms with Crippen LogP contribution in [0.15, 0.2) is 36.1 Å². The van der Waals surface area contributed by atoms with Crippen LogP contribution < -0.4 is 3.53 Å². The molecule has 64 heavy (non-hydrogen) atoms. The van der Waals surface area contributed by atoms with E-state index in [4.69, 9.17) is 47.4 Å². The first-order valence-corrected chi connectivity index (χ1v) is 25.3. The van der Waals surface area contributed by atoms with Crippen molar-refractivity contribution in [3.05, 3.63) is 36.1 Å². The summed E-state index contributed by atoms with van der Waals surface area (Å²) >= 11 is 2.08. The van der Waals surface area contributed by atoms with E-state index < -0.39 is 46.3 Å². The minimum Gasteiger partial charge on any atom is -0.390 e. The summed E-state index contributed by atoms with van der Waals surface area (Å²) in [4.78, 5) is 11.3. The molecule has 9 saturated heterocycles. The highest BCUT2D eigenvalue weighted by Crippen LogP contribution is 2.55. The number of carbonyl (C=O) groups excluding carboxylic acids is 1. The fraction of sp³-hybridized carbons (Fsp3) is 0.857. The van der Waals surface area contributed by atoms with Gasteiger partial charge in [-0.25, -0.2) is 0 Å². The standard InChI is InChI=1S/C49H72INO13/c1-25(24-52)14-28-16-37(54)49(8)41(55-28)19-34-35(61-49)18-33-30(56-34)10-9-12-45(4)42(59-33)22-48(7)40(62-45)20-39-46(5,64-48)13-11-31-44(60-39)26(2)15-32-36(57-31)21-47(6)38(58-32)17-29(53)43(63-47)27(3)23-51-50/h9-10,23-24,26,28-44,51,53-54H,1,11-22H2,2-8H3/b10-9-,27-23-/t26-,28-,29?,30?,31?,32?,33?,34?,35?,36?,37+,38?,39?,40?,41?,42?,43?,44?,45+,46-,47+,48+,49+/m1/s1. The molecule has 358 valence electrons. The van der Waals surface area contributed by atoms with Gasteiger partial charge in [0.05, 0.1) is 137 Å². The number of rotatable bonds is 5. The third kappa shape index (κ3) is 8.15. The Bertz CT molecular complexity index is 1850. The summed E-state index contributed by atoms with van der Waals surface area (Å²) in [7, 11) is 0. The molecular formula is C49H72INO13. The first-order valence-electron chi connectivity index (χ1n) is 24.2. The molecule has 10 heterocycles. The Hall–Kier alpha value is -1.06. The van der Waals surface area contributed by atoms with E-state index in [2.05, 4.69) is 79.7 Å². The number of hydrogen-bond acceptors (Lipinski definition) is 14. The molecule has 0 radical (unpaired) electrons. The van der Waals surface area contributed by atoms with Crippen LogP contribution in [0.2, 0.25) is 0 Å². The lowest BCUT2D eigenvalue weighted by Gasteiger charge is -2.60. The van der Waals surface area contributed by atoms with Crippen molar-refractivity contribution in [2.24, 2.45) is 5.92 Å². The Balaban J connectivity index is 0.825. The molecule has 10 rings (SSSR count). The predicted molar refractivity (Wildman–Crippen MR) is 242 cm³/mol. The Morgan fingerprint density at radius 1 is 0.750 bits per heavy atom. The van der Waals surface area contributed by atoms with Crippen molar-refractivity contribution in [3.63, 3.8) is 0 Å². The van der Waals surface area contributed by atoms with Gasteiger partial charge in [0.15, 0.2) is 0 Å². The quantitative estimate of drug-likeness (QED) is 0.0996. The minimum atomic E-state index is -0.910. The average molecular weight is 1010 g/mol. The summed E-state index contributed by atoms with van der Waals surface area (Å²) in [6.45, 7) is 18.7. The number of aliphatic hydroxyl groups is 2. The van der Waals surface area contributed by atoms with Gasteiger partial charge >= 0.3 is 0 Å². The van der Waals surface area contributed by atoms with Gasteiger partial charge in [-0.2, -0.15) is 0 Å². The van der Waals surface area contributed by atoms with Crippen LogP contribution >= 0.6 is 22.9 Å². The summed E-state index contributed by atoms with van der Waals surface area (Å²) in [5.41, 5.74) is -1.92. The van der Waals surface area contributed by atoms with E-state index in [1.165, 1.54) is 0 Å². The molecule has 0 saturated carbocycles. The van der Waals surface area contributed by atoms with E-state index >= 15 is 0 Å². The van der Waals surface area contributed by atoms with E-state index in [-0.39, 0.29) is 91.4 Å². The van der Waals surface area contributed by atoms with Gasteiger partial charge in [-0.1, -0.05) is 25.7 Å². The van der Waals surface area contributed by atoms with Crippen LogP contribution in [0, 0.1) is 5.92 Å². The molecule has 0 bridgehead atoms. The Kier molecular flexibility index (Phi) is 12.5. The first-order chi connectivity index (χ1) is 30.3. The van der Waals surface area contributed by atoms with Gasteiger partial charge in [0.2, 0.25) is 0 Å². The molecule has 0 aromatic carbocycles. The van der Waals surface area contributed by atoms with Crippen molar-refractivity contribution >= 4 is 29.2 Å². The monoisotopic (exact) mass is 1010 g/mol. The zero-order chi connectivity index (χ0) is 45.1. The van der Waals surface area contributed by atoms with Crippen LogP contribution in [0.4, 0.5) is 0 Å². The molecule has 15 heteroatoms. The minimum absolute atomic E-state index is 0.113. The SMILES string of the molecule is C=C(C=O)C[C@@H]1C[C@H](O)[C@]2(C)OC3CC4OC5C[C@]6(C)O[C@]7(C)CCC8OC9C[C@]%10(C)OC(/C(C)=C\NI)C(O)CC%10OC9C[C@@H](C)C8OC7CC6O[C@@]5(C)C/C=C\C4OC3CC2O1. The first kappa shape index (κ1) is 46.7. The van der Waals surface area contributed by atoms with E-state index in [0.717, 1.165) is 31.1 Å². The normalized spacial score (nSPS) is 56.3. The molecule has 0 aromatic rings. The van der Waals surface area contributed by atoms with Gasteiger partial charge in [0.1, 0.15) is 24.1 Å². The maximum Gasteiger partial charge on any atom is 0.145 e. The molecule has 3 N–H and O–H groups in total. The second-order valence-electron chi connectivity index (χ2n) is 22.4. The number of carbonyl (C=O) groups is 1. The van der Waals surface area contributed by atoms with Gasteiger partial charge < -0.3 is 61.1 Å². The molecule has 14 nitrogen and oxygen atoms in total. The summed E-state index contributed by atoms with van der Waals surface area (Å²) in [5, 5.41) is 22.6. The van der Waals surface area contributed by atoms with E-state index in [1.807, 2.05) is 20.0 Å². The maximum absolute atomic E-state index is 11.4. The molecule has 0 aliphatic carbocycles. The zero-order valence-corrected chi connectivity index (χ0v) is 40.8. The van der Waals surface area contributed by atoms with Crippen molar-refractivity contribution in [1.29, 1.82) is 0 Å². The Morgan fingerprint density at radius 2 is 1.52 bits per heavy atom. The second-order valence-corrected chi connectivity index (χ2v) is 23.0. The fourth-order valence-electron chi connectivity index (χ4n) is 13.6. The van der Waals surface area contributed by atoms with Gasteiger partial charge in [-0.05, 0) is 84.3 Å². The van der Waals surface area contributed by atoms with Crippen molar-refractivity contribution in [2.75, 3.05) is 0 Å². The lowest BCUT2D eigenvalue weighted by atomic mass is 9.72. The second kappa shape index (κ2) is 17.1. The number of halogens is 1. The van der Waals surface area contributed by atoms with E-state index in [9.17, 15) is 15.0 Å². The highest BCUT2D eigenvalue weighted by molar-refractivity contribution is 14.1. The van der Waals surface area contributed by atoms with E-state index in [1.54, 1.807) is 0 Å². The van der Waals surface area contributed by atoms with Crippen molar-refractivity contribution in [1.82, 2.24) is 3.53 Å². The molecule has 9 fully saturated rings. The molecule has 10 aliphatic heterocycles. The van der Waals surface area contributed by atoms with Gasteiger partial charge in [0.25, 0.3) is 0 Å². The van der Waals surface area contributed by atoms with Crippen LogP contribution in [-0.4, -0.2) is 148 Å². The molecule has 15 unspecified atom stereocenters. The van der Waals surface area contributed by atoms with Crippen LogP contribution in [0.3, 0.4) is 0 Å². The van der Waals surface area contributed by atoms with Crippen LogP contribution in [-0.2, 0) is 52.2 Å². The lowest BCUT2D eigenvalue weighted by Crippen LogP contribution is -2.70. The number of nitrogens with one attached hydrogen (secondary N) is 1. The van der Waals surface area contributed by atoms with Gasteiger partial charge in [-0.15, -0.1) is 0 Å². The number of fused-ring (bicyclic) bond motifs is 9. The smallest absolute Gasteiger partial charge is 0.145 e. The van der Waals surface area contributed by atoms with Gasteiger partial charge in [0, 0.05) is 57.6 Å². The molecule has 0 spiro atoms. The molecule has 23 atom stereocenters. The summed E-state index contributed by atoms with van der Waals surface area (Å²) in [6.07, 6.45) is 9.42. The Labute approximate surface area is 392 Å².